The number of hydrogen-bond donors (Lipinski definition) is 2. The van der Waals surface area contributed by atoms with Gasteiger partial charge in [-0.15, -0.1) is 0 Å². The summed E-state index contributed by atoms with van der Waals surface area (Å²) in [4.78, 5) is 42.9. The van der Waals surface area contributed by atoms with Gasteiger partial charge >= 0.3 is 5.97 Å². The van der Waals surface area contributed by atoms with Gasteiger partial charge in [0.05, 0.1) is 36.0 Å². The van der Waals surface area contributed by atoms with Crippen LogP contribution in [0.25, 0.3) is 90.9 Å². The summed E-state index contributed by atoms with van der Waals surface area (Å²) in [6, 6.07) is 28.6. The number of rotatable bonds is 11. The van der Waals surface area contributed by atoms with Gasteiger partial charge in [-0.2, -0.15) is 0 Å². The van der Waals surface area contributed by atoms with Crippen LogP contribution < -0.4 is 4.74 Å². The molecule has 0 aliphatic carbocycles. The fourth-order valence-corrected chi connectivity index (χ4v) is 7.49. The third-order valence-electron chi connectivity index (χ3n) is 10.2. The van der Waals surface area contributed by atoms with Crippen molar-refractivity contribution >= 4 is 52.3 Å². The van der Waals surface area contributed by atoms with E-state index in [0.717, 1.165) is 102 Å². The lowest BCUT2D eigenvalue weighted by molar-refractivity contribution is -0.143. The van der Waals surface area contributed by atoms with Crippen LogP contribution in [0, 0.1) is 0 Å². The van der Waals surface area contributed by atoms with Crippen molar-refractivity contribution in [2.75, 3.05) is 13.2 Å². The molecule has 0 radical (unpaired) electrons. The summed E-state index contributed by atoms with van der Waals surface area (Å²) >= 11 is 0. The number of aromatic nitrogens is 7. The number of benzene rings is 1. The molecule has 2 N–H and O–H groups in total. The fourth-order valence-electron chi connectivity index (χ4n) is 7.49. The SMILES string of the molecule is CCOC(=O)CCCCOc1ccc(-c2c3ccc([nH]3)c(-c3ccncc3)c3nc(c(-c4ccncc4)c4nc(c(-c5ccncc5)c5ccc2[nH]5)C=C4)C=C3)cc1. The maximum Gasteiger partial charge on any atom is 0.305 e. The number of aromatic amines is 2. The number of nitrogens with zero attached hydrogens (tertiary/aromatic N) is 5. The largest absolute Gasteiger partial charge is 0.494 e. The highest BCUT2D eigenvalue weighted by Crippen LogP contribution is 2.38. The van der Waals surface area contributed by atoms with Crippen LogP contribution in [0.1, 0.15) is 49.0 Å². The summed E-state index contributed by atoms with van der Waals surface area (Å²) in [5.74, 6) is 0.586. The Labute approximate surface area is 335 Å². The average Bonchev–Trinajstić information content (AvgIpc) is 4.11. The summed E-state index contributed by atoms with van der Waals surface area (Å²) in [5.41, 5.74) is 14.6. The van der Waals surface area contributed by atoms with Gasteiger partial charge in [-0.3, -0.25) is 19.7 Å². The molecule has 0 fully saturated rings. The lowest BCUT2D eigenvalue weighted by Crippen LogP contribution is -2.05. The highest BCUT2D eigenvalue weighted by atomic mass is 16.5. The maximum atomic E-state index is 11.7. The minimum atomic E-state index is -0.172. The zero-order valence-electron chi connectivity index (χ0n) is 31.9. The molecule has 10 heteroatoms. The van der Waals surface area contributed by atoms with E-state index in [-0.39, 0.29) is 5.97 Å². The fraction of sp³-hybridized carbons (Fsp3) is 0.125. The van der Waals surface area contributed by atoms with E-state index in [1.165, 1.54) is 0 Å². The van der Waals surface area contributed by atoms with Gasteiger partial charge in [0.25, 0.3) is 0 Å². The van der Waals surface area contributed by atoms with E-state index in [0.29, 0.717) is 26.1 Å². The second-order valence-electron chi connectivity index (χ2n) is 13.8. The van der Waals surface area contributed by atoms with Crippen molar-refractivity contribution in [3.05, 3.63) is 145 Å². The summed E-state index contributed by atoms with van der Waals surface area (Å²) in [5, 5.41) is 0. The van der Waals surface area contributed by atoms with Gasteiger partial charge in [0.2, 0.25) is 0 Å². The first-order chi connectivity index (χ1) is 28.6. The minimum absolute atomic E-state index is 0.172. The van der Waals surface area contributed by atoms with Crippen molar-refractivity contribution in [1.82, 2.24) is 34.9 Å². The molecule has 0 unspecified atom stereocenters. The van der Waals surface area contributed by atoms with Gasteiger partial charge < -0.3 is 19.4 Å². The molecular weight excluding hydrogens is 723 g/mol. The summed E-state index contributed by atoms with van der Waals surface area (Å²) in [7, 11) is 0. The lowest BCUT2D eigenvalue weighted by atomic mass is 10.0. The number of H-pyrrole nitrogens is 2. The number of hydrogen-bond acceptors (Lipinski definition) is 8. The van der Waals surface area contributed by atoms with E-state index in [2.05, 4.69) is 85.6 Å². The van der Waals surface area contributed by atoms with Crippen LogP contribution in [0.5, 0.6) is 5.75 Å². The number of esters is 1. The Kier molecular flexibility index (Phi) is 10.2. The standard InChI is InChI=1S/C48H39N7O3/c1-2-57-44(56)5-3-4-30-58-35-8-6-31(7-9-35)45-36-10-12-38(52-36)46(32-18-24-49-25-19-32)40-14-16-42(54-40)48(34-22-28-51-29-23-34)43-17-15-41(55-43)47(33-20-26-50-27-21-33)39-13-11-37(45)53-39/h6-29,52-53H,2-5,30H2,1H3. The summed E-state index contributed by atoms with van der Waals surface area (Å²) < 4.78 is 11.1. The second-order valence-corrected chi connectivity index (χ2v) is 13.8. The zero-order chi connectivity index (χ0) is 39.3. The van der Waals surface area contributed by atoms with Crippen molar-refractivity contribution in [2.45, 2.75) is 26.2 Å². The number of unbranched alkanes of at least 4 members (excludes halogenated alkanes) is 1. The van der Waals surface area contributed by atoms with Crippen LogP contribution in [0.3, 0.4) is 0 Å². The van der Waals surface area contributed by atoms with Crippen LogP contribution in [-0.4, -0.2) is 54.1 Å². The van der Waals surface area contributed by atoms with Crippen molar-refractivity contribution in [3.8, 4) is 50.3 Å². The topological polar surface area (TPSA) is 132 Å². The molecule has 10 nitrogen and oxygen atoms in total. The normalized spacial score (nSPS) is 11.8. The van der Waals surface area contributed by atoms with Crippen LogP contribution >= 0.6 is 0 Å². The summed E-state index contributed by atoms with van der Waals surface area (Å²) in [6.45, 7) is 2.72. The molecule has 9 rings (SSSR count). The predicted molar refractivity (Wildman–Crippen MR) is 230 cm³/mol. The van der Waals surface area contributed by atoms with Crippen molar-refractivity contribution < 1.29 is 14.3 Å². The maximum absolute atomic E-state index is 11.7. The van der Waals surface area contributed by atoms with Crippen LogP contribution in [0.2, 0.25) is 0 Å². The van der Waals surface area contributed by atoms with Gasteiger partial charge in [0.15, 0.2) is 0 Å². The smallest absolute Gasteiger partial charge is 0.305 e. The van der Waals surface area contributed by atoms with Gasteiger partial charge in [0.1, 0.15) is 5.75 Å². The highest BCUT2D eigenvalue weighted by molar-refractivity contribution is 6.00. The van der Waals surface area contributed by atoms with Crippen LogP contribution in [0.15, 0.2) is 122 Å². The van der Waals surface area contributed by atoms with Crippen molar-refractivity contribution in [1.29, 1.82) is 0 Å². The molecule has 2 aliphatic heterocycles. The quantitative estimate of drug-likeness (QED) is 0.0983. The third kappa shape index (κ3) is 7.43. The Balaban J connectivity index is 1.27. The molecule has 284 valence electrons. The first-order valence-electron chi connectivity index (χ1n) is 19.4. The third-order valence-corrected chi connectivity index (χ3v) is 10.2. The van der Waals surface area contributed by atoms with Crippen LogP contribution in [-0.2, 0) is 9.53 Å². The number of ether oxygens (including phenoxy) is 2. The van der Waals surface area contributed by atoms with E-state index in [4.69, 9.17) is 19.4 Å². The number of fused-ring (bicyclic) bond motifs is 8. The summed E-state index contributed by atoms with van der Waals surface area (Å²) in [6.07, 6.45) is 20.9. The van der Waals surface area contributed by atoms with E-state index in [9.17, 15) is 4.79 Å². The Morgan fingerprint density at radius 1 is 0.500 bits per heavy atom. The monoisotopic (exact) mass is 761 g/mol. The molecule has 0 saturated carbocycles. The Hall–Kier alpha value is -7.46. The van der Waals surface area contributed by atoms with E-state index >= 15 is 0 Å². The second kappa shape index (κ2) is 16.3. The molecule has 1 aromatic carbocycles. The van der Waals surface area contributed by atoms with E-state index in [1.54, 1.807) is 37.2 Å². The lowest BCUT2D eigenvalue weighted by Gasteiger charge is -2.08. The molecule has 2 aliphatic rings. The number of pyridine rings is 3. The zero-order valence-corrected chi connectivity index (χ0v) is 31.9. The first-order valence-corrected chi connectivity index (χ1v) is 19.4. The van der Waals surface area contributed by atoms with Gasteiger partial charge in [-0.05, 0) is 139 Å². The molecular formula is C48H39N7O3. The van der Waals surface area contributed by atoms with Gasteiger partial charge in [-0.25, -0.2) is 9.97 Å². The molecule has 0 amide bonds. The van der Waals surface area contributed by atoms with Gasteiger partial charge in [-0.1, -0.05) is 12.1 Å². The Bertz CT molecular complexity index is 2690. The number of nitrogens with one attached hydrogen (secondary N) is 2. The molecule has 0 atom stereocenters. The molecule has 0 saturated heterocycles. The molecule has 8 bridgehead atoms. The van der Waals surface area contributed by atoms with Crippen molar-refractivity contribution in [3.63, 3.8) is 0 Å². The average molecular weight is 762 g/mol. The van der Waals surface area contributed by atoms with E-state index < -0.39 is 0 Å². The molecule has 58 heavy (non-hydrogen) atoms. The highest BCUT2D eigenvalue weighted by Gasteiger charge is 2.19. The van der Waals surface area contributed by atoms with E-state index in [1.807, 2.05) is 55.5 Å². The Morgan fingerprint density at radius 2 is 0.914 bits per heavy atom. The molecule has 0 spiro atoms. The Morgan fingerprint density at radius 3 is 1.38 bits per heavy atom. The number of carbonyl (C=O) groups is 1. The minimum Gasteiger partial charge on any atom is -0.494 e. The first kappa shape index (κ1) is 36.2. The van der Waals surface area contributed by atoms with Crippen molar-refractivity contribution in [2.24, 2.45) is 0 Å². The predicted octanol–water partition coefficient (Wildman–Crippen LogP) is 10.6. The van der Waals surface area contributed by atoms with Gasteiger partial charge in [0, 0.05) is 87.9 Å². The molecule has 8 heterocycles. The molecule has 7 aromatic rings. The molecule has 6 aromatic heterocycles. The van der Waals surface area contributed by atoms with Crippen LogP contribution in [0.4, 0.5) is 0 Å². The number of carbonyl (C=O) groups excluding carboxylic acids is 1.